The molecule has 3 aliphatic rings. The summed E-state index contributed by atoms with van der Waals surface area (Å²) in [6, 6.07) is 22.5. The normalized spacial score (nSPS) is 34.8. The van der Waals surface area contributed by atoms with Crippen LogP contribution in [0.2, 0.25) is 0 Å². The summed E-state index contributed by atoms with van der Waals surface area (Å²) in [6.07, 6.45) is 3.15. The summed E-state index contributed by atoms with van der Waals surface area (Å²) in [7, 11) is 0. The van der Waals surface area contributed by atoms with Crippen LogP contribution in [-0.4, -0.2) is 11.7 Å². The van der Waals surface area contributed by atoms with Gasteiger partial charge in [-0.05, 0) is 68.4 Å². The van der Waals surface area contributed by atoms with E-state index >= 15 is 0 Å². The van der Waals surface area contributed by atoms with E-state index in [2.05, 4.69) is 81.4 Å². The molecule has 25 heavy (non-hydrogen) atoms. The van der Waals surface area contributed by atoms with Crippen LogP contribution >= 0.6 is 0 Å². The van der Waals surface area contributed by atoms with Crippen LogP contribution in [0.1, 0.15) is 44.7 Å². The Kier molecular flexibility index (Phi) is 3.26. The molecule has 3 saturated carbocycles. The third kappa shape index (κ3) is 2.11. The molecule has 0 spiro atoms. The van der Waals surface area contributed by atoms with Crippen LogP contribution in [0.5, 0.6) is 0 Å². The second kappa shape index (κ2) is 5.20. The molecule has 0 amide bonds. The van der Waals surface area contributed by atoms with E-state index in [0.29, 0.717) is 6.10 Å². The van der Waals surface area contributed by atoms with Gasteiger partial charge in [0.05, 0.1) is 11.7 Å². The van der Waals surface area contributed by atoms with Crippen molar-refractivity contribution in [3.63, 3.8) is 0 Å². The van der Waals surface area contributed by atoms with E-state index in [1.165, 1.54) is 24.0 Å². The van der Waals surface area contributed by atoms with Gasteiger partial charge in [0.2, 0.25) is 0 Å². The summed E-state index contributed by atoms with van der Waals surface area (Å²) in [5.74, 6) is 2.94. The predicted octanol–water partition coefficient (Wildman–Crippen LogP) is 5.44. The number of ether oxygens (including phenoxy) is 1. The Morgan fingerprint density at radius 1 is 0.760 bits per heavy atom. The van der Waals surface area contributed by atoms with Crippen LogP contribution in [0, 0.1) is 23.7 Å². The van der Waals surface area contributed by atoms with Gasteiger partial charge in [0.15, 0.2) is 0 Å². The highest BCUT2D eigenvalue weighted by molar-refractivity contribution is 5.52. The summed E-state index contributed by atoms with van der Waals surface area (Å²) >= 11 is 0. The van der Waals surface area contributed by atoms with Crippen molar-refractivity contribution < 1.29 is 4.74 Å². The monoisotopic (exact) mass is 332 g/mol. The Labute approximate surface area is 151 Å². The molecule has 0 radical (unpaired) electrons. The first-order valence-corrected chi connectivity index (χ1v) is 9.82. The van der Waals surface area contributed by atoms with Gasteiger partial charge in [-0.2, -0.15) is 0 Å². The fraction of sp³-hybridized carbons (Fsp3) is 0.500. The molecule has 0 aromatic heterocycles. The molecule has 130 valence electrons. The van der Waals surface area contributed by atoms with Crippen molar-refractivity contribution in [2.24, 2.45) is 23.7 Å². The molecule has 5 atom stereocenters. The molecular weight excluding hydrogens is 304 g/mol. The molecule has 1 heteroatoms. The Hall–Kier alpha value is -1.60. The fourth-order valence-electron chi connectivity index (χ4n) is 6.40. The van der Waals surface area contributed by atoms with Gasteiger partial charge in [-0.3, -0.25) is 0 Å². The van der Waals surface area contributed by atoms with Gasteiger partial charge >= 0.3 is 0 Å². The SMILES string of the molecule is CC(C)(C)OC1[C@H]2CC[C@@H]1[C@H]1[C@@H]2C1(c1ccccc1)c1ccccc1. The van der Waals surface area contributed by atoms with Gasteiger partial charge in [0.25, 0.3) is 0 Å². The molecule has 2 aromatic rings. The lowest BCUT2D eigenvalue weighted by Crippen LogP contribution is -2.36. The zero-order valence-electron chi connectivity index (χ0n) is 15.5. The molecule has 0 heterocycles. The predicted molar refractivity (Wildman–Crippen MR) is 101 cm³/mol. The van der Waals surface area contributed by atoms with E-state index in [9.17, 15) is 0 Å². The van der Waals surface area contributed by atoms with Crippen LogP contribution in [-0.2, 0) is 10.2 Å². The number of benzene rings is 2. The second-order valence-corrected chi connectivity index (χ2v) is 9.25. The van der Waals surface area contributed by atoms with Crippen LogP contribution in [0.25, 0.3) is 0 Å². The first-order chi connectivity index (χ1) is 12.0. The summed E-state index contributed by atoms with van der Waals surface area (Å²) in [4.78, 5) is 0. The maximum atomic E-state index is 6.55. The molecule has 3 fully saturated rings. The zero-order valence-corrected chi connectivity index (χ0v) is 15.5. The van der Waals surface area contributed by atoms with Crippen molar-refractivity contribution in [2.45, 2.75) is 50.7 Å². The highest BCUT2D eigenvalue weighted by Gasteiger charge is 2.78. The van der Waals surface area contributed by atoms with Gasteiger partial charge in [-0.15, -0.1) is 0 Å². The van der Waals surface area contributed by atoms with Crippen molar-refractivity contribution in [3.8, 4) is 0 Å². The first-order valence-electron chi connectivity index (χ1n) is 9.82. The number of rotatable bonds is 3. The topological polar surface area (TPSA) is 9.23 Å². The lowest BCUT2D eigenvalue weighted by atomic mass is 9.77. The Balaban J connectivity index is 1.57. The average Bonchev–Trinajstić information content (AvgIpc) is 3.07. The molecule has 1 nitrogen and oxygen atoms in total. The van der Waals surface area contributed by atoms with Gasteiger partial charge in [-0.1, -0.05) is 60.7 Å². The van der Waals surface area contributed by atoms with Crippen LogP contribution < -0.4 is 0 Å². The van der Waals surface area contributed by atoms with E-state index in [1.54, 1.807) is 0 Å². The number of fused-ring (bicyclic) bond motifs is 5. The van der Waals surface area contributed by atoms with E-state index in [-0.39, 0.29) is 11.0 Å². The quantitative estimate of drug-likeness (QED) is 0.727. The van der Waals surface area contributed by atoms with E-state index in [1.807, 2.05) is 0 Å². The summed E-state index contributed by atoms with van der Waals surface area (Å²) in [5.41, 5.74) is 3.22. The van der Waals surface area contributed by atoms with E-state index in [0.717, 1.165) is 23.7 Å². The van der Waals surface area contributed by atoms with Crippen LogP contribution in [0.3, 0.4) is 0 Å². The van der Waals surface area contributed by atoms with Crippen molar-refractivity contribution in [2.75, 3.05) is 0 Å². The molecule has 1 unspecified atom stereocenters. The average molecular weight is 332 g/mol. The third-order valence-corrected chi connectivity index (χ3v) is 6.92. The second-order valence-electron chi connectivity index (χ2n) is 9.25. The lowest BCUT2D eigenvalue weighted by Gasteiger charge is -2.34. The van der Waals surface area contributed by atoms with E-state index < -0.39 is 0 Å². The fourth-order valence-corrected chi connectivity index (χ4v) is 6.40. The number of hydrogen-bond acceptors (Lipinski definition) is 1. The smallest absolute Gasteiger partial charge is 0.0644 e. The molecular formula is C24H28O. The Bertz CT molecular complexity index is 698. The molecule has 2 bridgehead atoms. The maximum Gasteiger partial charge on any atom is 0.0644 e. The van der Waals surface area contributed by atoms with Crippen molar-refractivity contribution >= 4 is 0 Å². The van der Waals surface area contributed by atoms with Crippen molar-refractivity contribution in [3.05, 3.63) is 71.8 Å². The first kappa shape index (κ1) is 15.6. The summed E-state index contributed by atoms with van der Waals surface area (Å²) in [5, 5.41) is 0. The van der Waals surface area contributed by atoms with Gasteiger partial charge in [0, 0.05) is 5.41 Å². The Morgan fingerprint density at radius 3 is 1.60 bits per heavy atom. The molecule has 3 aliphatic carbocycles. The van der Waals surface area contributed by atoms with E-state index in [4.69, 9.17) is 4.74 Å². The molecule has 0 N–H and O–H groups in total. The minimum absolute atomic E-state index is 0.0373. The summed E-state index contributed by atoms with van der Waals surface area (Å²) in [6.45, 7) is 6.62. The highest BCUT2D eigenvalue weighted by Crippen LogP contribution is 2.79. The largest absolute Gasteiger partial charge is 0.372 e. The van der Waals surface area contributed by atoms with Crippen LogP contribution in [0.15, 0.2) is 60.7 Å². The van der Waals surface area contributed by atoms with Crippen LogP contribution in [0.4, 0.5) is 0 Å². The minimum Gasteiger partial charge on any atom is -0.372 e. The molecule has 2 aromatic carbocycles. The zero-order chi connectivity index (χ0) is 17.2. The van der Waals surface area contributed by atoms with Gasteiger partial charge < -0.3 is 4.74 Å². The van der Waals surface area contributed by atoms with Crippen molar-refractivity contribution in [1.82, 2.24) is 0 Å². The number of hydrogen-bond donors (Lipinski definition) is 0. The highest BCUT2D eigenvalue weighted by atomic mass is 16.5. The van der Waals surface area contributed by atoms with Gasteiger partial charge in [-0.25, -0.2) is 0 Å². The molecule has 5 rings (SSSR count). The third-order valence-electron chi connectivity index (χ3n) is 6.92. The van der Waals surface area contributed by atoms with Crippen molar-refractivity contribution in [1.29, 1.82) is 0 Å². The standard InChI is InChI=1S/C24H28O/c1-23(2,3)25-22-18-14-15-19(22)21-20(18)24(21,16-10-6-4-7-11-16)17-12-8-5-9-13-17/h4-13,18-22H,14-15H2,1-3H3/t18-,19+,20+,21-,22?. The Morgan fingerprint density at radius 2 is 1.20 bits per heavy atom. The molecule has 0 aliphatic heterocycles. The molecule has 0 saturated heterocycles. The summed E-state index contributed by atoms with van der Waals surface area (Å²) < 4.78 is 6.55. The lowest BCUT2D eigenvalue weighted by molar-refractivity contribution is -0.0889. The minimum atomic E-state index is -0.0373. The maximum absolute atomic E-state index is 6.55. The van der Waals surface area contributed by atoms with Gasteiger partial charge in [0.1, 0.15) is 0 Å².